The molecule has 2 aromatic carbocycles. The normalized spacial score (nSPS) is 10.4. The van der Waals surface area contributed by atoms with Gasteiger partial charge in [0.05, 0.1) is 4.92 Å². The molecule has 0 atom stereocenters. The summed E-state index contributed by atoms with van der Waals surface area (Å²) >= 11 is 1.20. The van der Waals surface area contributed by atoms with Gasteiger partial charge in [0.1, 0.15) is 12.1 Å². The highest BCUT2D eigenvalue weighted by Crippen LogP contribution is 2.38. The van der Waals surface area contributed by atoms with Gasteiger partial charge in [0.15, 0.2) is 5.03 Å². The molecule has 126 valence electrons. The third-order valence-electron chi connectivity index (χ3n) is 3.44. The highest BCUT2D eigenvalue weighted by Gasteiger charge is 2.25. The Labute approximate surface area is 149 Å². The minimum atomic E-state index is -0.513. The number of nitro groups is 1. The average molecular weight is 353 g/mol. The fraction of sp³-hybridized carbons (Fsp3) is 0.111. The largest absolute Gasteiger partial charge is 0.434 e. The maximum absolute atomic E-state index is 11.6. The summed E-state index contributed by atoms with van der Waals surface area (Å²) in [5.74, 6) is 0.428. The third-order valence-corrected chi connectivity index (χ3v) is 4.44. The fourth-order valence-corrected chi connectivity index (χ4v) is 3.03. The van der Waals surface area contributed by atoms with Crippen LogP contribution in [0.3, 0.4) is 0 Å². The molecule has 0 aliphatic heterocycles. The van der Waals surface area contributed by atoms with Crippen molar-refractivity contribution >= 4 is 17.4 Å². The molecule has 0 fully saturated rings. The van der Waals surface area contributed by atoms with Gasteiger partial charge in [-0.05, 0) is 36.2 Å². The Kier molecular flexibility index (Phi) is 5.25. The van der Waals surface area contributed by atoms with Crippen LogP contribution in [0.4, 0.5) is 5.69 Å². The second-order valence-electron chi connectivity index (χ2n) is 5.10. The van der Waals surface area contributed by atoms with Gasteiger partial charge in [-0.25, -0.2) is 4.98 Å². The summed E-state index contributed by atoms with van der Waals surface area (Å²) in [5, 5.41) is 11.8. The Hall–Kier alpha value is -2.93. The number of hydrogen-bond donors (Lipinski definition) is 0. The van der Waals surface area contributed by atoms with E-state index >= 15 is 0 Å². The van der Waals surface area contributed by atoms with Gasteiger partial charge in [-0.2, -0.15) is 4.98 Å². The van der Waals surface area contributed by atoms with Crippen LogP contribution in [0.5, 0.6) is 11.6 Å². The SMILES string of the molecule is CCc1ccc(Oc2ncnc(Sc3ccccc3)c2[N+](=O)[O-])cc1. The quantitative estimate of drug-likeness (QED) is 0.357. The third kappa shape index (κ3) is 4.13. The maximum Gasteiger partial charge on any atom is 0.363 e. The number of aryl methyl sites for hydroxylation is 1. The standard InChI is InChI=1S/C18H15N3O3S/c1-2-13-8-10-14(11-9-13)24-17-16(21(22)23)18(20-12-19-17)25-15-6-4-3-5-7-15/h3-12H,2H2,1H3. The first-order chi connectivity index (χ1) is 12.2. The Bertz CT molecular complexity index is 870. The number of rotatable bonds is 6. The lowest BCUT2D eigenvalue weighted by Gasteiger charge is -2.08. The molecule has 25 heavy (non-hydrogen) atoms. The first-order valence-corrected chi connectivity index (χ1v) is 8.48. The molecule has 7 heteroatoms. The molecule has 3 rings (SSSR count). The minimum absolute atomic E-state index is 0.0670. The van der Waals surface area contributed by atoms with E-state index in [1.165, 1.54) is 18.1 Å². The van der Waals surface area contributed by atoms with Crippen molar-refractivity contribution < 1.29 is 9.66 Å². The first-order valence-electron chi connectivity index (χ1n) is 7.66. The summed E-state index contributed by atoms with van der Waals surface area (Å²) in [6.07, 6.45) is 2.18. The molecule has 0 saturated heterocycles. The van der Waals surface area contributed by atoms with Crippen LogP contribution in [-0.2, 0) is 6.42 Å². The molecule has 0 radical (unpaired) electrons. The van der Waals surface area contributed by atoms with E-state index in [9.17, 15) is 10.1 Å². The lowest BCUT2D eigenvalue weighted by atomic mass is 10.2. The van der Waals surface area contributed by atoms with Gasteiger partial charge in [-0.3, -0.25) is 10.1 Å². The number of ether oxygens (including phenoxy) is 1. The molecular weight excluding hydrogens is 338 g/mol. The monoisotopic (exact) mass is 353 g/mol. The Balaban J connectivity index is 1.93. The second-order valence-corrected chi connectivity index (χ2v) is 6.17. The van der Waals surface area contributed by atoms with Gasteiger partial charge in [-0.15, -0.1) is 0 Å². The van der Waals surface area contributed by atoms with Crippen LogP contribution < -0.4 is 4.74 Å². The molecule has 0 aliphatic rings. The van der Waals surface area contributed by atoms with E-state index in [0.717, 1.165) is 16.9 Å². The van der Waals surface area contributed by atoms with Gasteiger partial charge in [-0.1, -0.05) is 49.0 Å². The van der Waals surface area contributed by atoms with Gasteiger partial charge in [0.2, 0.25) is 0 Å². The van der Waals surface area contributed by atoms with Crippen LogP contribution >= 0.6 is 11.8 Å². The van der Waals surface area contributed by atoms with E-state index in [1.54, 1.807) is 12.1 Å². The zero-order valence-electron chi connectivity index (χ0n) is 13.5. The van der Waals surface area contributed by atoms with Crippen LogP contribution in [0.15, 0.2) is 70.8 Å². The van der Waals surface area contributed by atoms with E-state index in [2.05, 4.69) is 16.9 Å². The minimum Gasteiger partial charge on any atom is -0.434 e. The number of benzene rings is 2. The summed E-state index contributed by atoms with van der Waals surface area (Å²) in [7, 11) is 0. The molecule has 1 aromatic heterocycles. The van der Waals surface area contributed by atoms with Crippen LogP contribution in [0, 0.1) is 10.1 Å². The number of nitrogens with zero attached hydrogens (tertiary/aromatic N) is 3. The Morgan fingerprint density at radius 3 is 2.44 bits per heavy atom. The zero-order valence-corrected chi connectivity index (χ0v) is 14.3. The molecular formula is C18H15N3O3S. The van der Waals surface area contributed by atoms with E-state index in [0.29, 0.717) is 5.75 Å². The summed E-state index contributed by atoms with van der Waals surface area (Å²) in [6, 6.07) is 16.7. The van der Waals surface area contributed by atoms with Crippen molar-refractivity contribution in [2.24, 2.45) is 0 Å². The number of aromatic nitrogens is 2. The molecule has 6 nitrogen and oxygen atoms in total. The van der Waals surface area contributed by atoms with Gasteiger partial charge in [0, 0.05) is 4.90 Å². The second kappa shape index (κ2) is 7.76. The molecule has 0 unspecified atom stereocenters. The molecule has 0 amide bonds. The summed E-state index contributed by atoms with van der Waals surface area (Å²) in [4.78, 5) is 19.9. The maximum atomic E-state index is 11.6. The van der Waals surface area contributed by atoms with Crippen molar-refractivity contribution in [2.75, 3.05) is 0 Å². The van der Waals surface area contributed by atoms with Gasteiger partial charge in [0.25, 0.3) is 0 Å². The van der Waals surface area contributed by atoms with E-state index in [-0.39, 0.29) is 16.6 Å². The molecule has 0 saturated carbocycles. The summed E-state index contributed by atoms with van der Waals surface area (Å²) < 4.78 is 5.64. The molecule has 0 N–H and O–H groups in total. The van der Waals surface area contributed by atoms with E-state index in [4.69, 9.17) is 4.74 Å². The summed E-state index contributed by atoms with van der Waals surface area (Å²) in [5.41, 5.74) is 0.917. The molecule has 0 bridgehead atoms. The van der Waals surface area contributed by atoms with Crippen molar-refractivity contribution in [3.63, 3.8) is 0 Å². The highest BCUT2D eigenvalue weighted by atomic mass is 32.2. The predicted octanol–water partition coefficient (Wildman–Crippen LogP) is 4.89. The molecule has 1 heterocycles. The van der Waals surface area contributed by atoms with Crippen molar-refractivity contribution in [1.82, 2.24) is 9.97 Å². The van der Waals surface area contributed by atoms with Gasteiger partial charge >= 0.3 is 11.6 Å². The van der Waals surface area contributed by atoms with E-state index in [1.807, 2.05) is 42.5 Å². The Morgan fingerprint density at radius 2 is 1.80 bits per heavy atom. The molecule has 0 aliphatic carbocycles. The Morgan fingerprint density at radius 1 is 1.08 bits per heavy atom. The zero-order chi connectivity index (χ0) is 17.6. The topological polar surface area (TPSA) is 78.2 Å². The van der Waals surface area contributed by atoms with Gasteiger partial charge < -0.3 is 4.74 Å². The first kappa shape index (κ1) is 16.9. The predicted molar refractivity (Wildman–Crippen MR) is 95.1 cm³/mol. The molecule has 3 aromatic rings. The van der Waals surface area contributed by atoms with Crippen LogP contribution in [0.25, 0.3) is 0 Å². The van der Waals surface area contributed by atoms with Crippen molar-refractivity contribution in [1.29, 1.82) is 0 Å². The molecule has 0 spiro atoms. The summed E-state index contributed by atoms with van der Waals surface area (Å²) in [6.45, 7) is 2.05. The van der Waals surface area contributed by atoms with Crippen molar-refractivity contribution in [3.8, 4) is 11.6 Å². The van der Waals surface area contributed by atoms with Crippen LogP contribution in [0.1, 0.15) is 12.5 Å². The lowest BCUT2D eigenvalue weighted by molar-refractivity contribution is -0.389. The number of hydrogen-bond acceptors (Lipinski definition) is 6. The lowest BCUT2D eigenvalue weighted by Crippen LogP contribution is -2.00. The average Bonchev–Trinajstić information content (AvgIpc) is 2.63. The smallest absolute Gasteiger partial charge is 0.363 e. The highest BCUT2D eigenvalue weighted by molar-refractivity contribution is 7.99. The van der Waals surface area contributed by atoms with Crippen molar-refractivity contribution in [3.05, 3.63) is 76.6 Å². The van der Waals surface area contributed by atoms with Crippen LogP contribution in [0.2, 0.25) is 0 Å². The van der Waals surface area contributed by atoms with Crippen molar-refractivity contribution in [2.45, 2.75) is 23.3 Å². The van der Waals surface area contributed by atoms with E-state index < -0.39 is 4.92 Å². The fourth-order valence-electron chi connectivity index (χ4n) is 2.16. The van der Waals surface area contributed by atoms with Crippen LogP contribution in [-0.4, -0.2) is 14.9 Å².